The normalized spacial score (nSPS) is 14.4. The van der Waals surface area contributed by atoms with Gasteiger partial charge in [0.15, 0.2) is 0 Å². The van der Waals surface area contributed by atoms with Gasteiger partial charge in [-0.05, 0) is 0 Å². The second kappa shape index (κ2) is 5.09. The van der Waals surface area contributed by atoms with Crippen molar-refractivity contribution in [1.82, 2.24) is 0 Å². The third-order valence-corrected chi connectivity index (χ3v) is 0.782. The Hall–Kier alpha value is -0.621. The van der Waals surface area contributed by atoms with Crippen molar-refractivity contribution >= 4 is 11.9 Å². The average molecular weight is 204 g/mol. The molecule has 2 N–H and O–H groups in total. The van der Waals surface area contributed by atoms with Crippen LogP contribution in [-0.4, -0.2) is 34.4 Å². The summed E-state index contributed by atoms with van der Waals surface area (Å²) in [6.45, 7) is 0. The molecule has 2 atom stereocenters. The summed E-state index contributed by atoms with van der Waals surface area (Å²) in [4.78, 5) is 19.3. The molecule has 7 heteroatoms. The van der Waals surface area contributed by atoms with Crippen LogP contribution in [0.25, 0.3) is 0 Å². The van der Waals surface area contributed by atoms with Crippen molar-refractivity contribution < 1.29 is 47.1 Å². The van der Waals surface area contributed by atoms with Crippen LogP contribution in [0.2, 0.25) is 0 Å². The first kappa shape index (κ1) is 13.0. The quantitative estimate of drug-likeness (QED) is 0.445. The van der Waals surface area contributed by atoms with Gasteiger partial charge >= 0.3 is 17.1 Å². The minimum Gasteiger partial charge on any atom is -0.547 e. The fourth-order valence-electron chi connectivity index (χ4n) is 0.258. The molecule has 0 fully saturated rings. The van der Waals surface area contributed by atoms with E-state index in [0.717, 1.165) is 0 Å². The predicted octanol–water partition coefficient (Wildman–Crippen LogP) is -4.79. The zero-order chi connectivity index (χ0) is 8.31. The van der Waals surface area contributed by atoms with E-state index in [4.69, 9.17) is 10.2 Å². The number of carbonyl (C=O) groups excluding carboxylic acids is 2. The zero-order valence-electron chi connectivity index (χ0n) is 5.04. The summed E-state index contributed by atoms with van der Waals surface area (Å²) >= 11 is 0. The molecule has 0 radical (unpaired) electrons. The van der Waals surface area contributed by atoms with Gasteiger partial charge in [-0.2, -0.15) is 0 Å². The first-order chi connectivity index (χ1) is 4.46. The number of aliphatic carboxylic acids is 2. The minimum absolute atomic E-state index is 0. The molecule has 0 amide bonds. The maximum Gasteiger partial charge on any atom is 2.00 e. The Morgan fingerprint density at radius 2 is 1.18 bits per heavy atom. The molecule has 0 saturated heterocycles. The Morgan fingerprint density at radius 3 is 1.27 bits per heavy atom. The number of carbonyl (C=O) groups is 2. The number of rotatable bonds is 3. The van der Waals surface area contributed by atoms with E-state index in [0.29, 0.717) is 0 Å². The van der Waals surface area contributed by atoms with Gasteiger partial charge in [-0.3, -0.25) is 0 Å². The van der Waals surface area contributed by atoms with Crippen LogP contribution in [0.4, 0.5) is 0 Å². The molecule has 0 aromatic heterocycles. The van der Waals surface area contributed by atoms with Crippen LogP contribution in [-0.2, 0) is 26.7 Å². The number of aliphatic hydroxyl groups excluding tert-OH is 2. The number of aliphatic hydroxyl groups is 2. The van der Waals surface area contributed by atoms with Crippen LogP contribution in [0.3, 0.4) is 0 Å². The standard InChI is InChI=1S/C4H6O6.Fe/c5-1(3(7)8)2(6)4(9)10;/h1-2,5-6H,(H,7,8)(H,9,10);/q;+2/p-2. The van der Waals surface area contributed by atoms with Crippen molar-refractivity contribution in [3.8, 4) is 0 Å². The van der Waals surface area contributed by atoms with Crippen molar-refractivity contribution in [2.24, 2.45) is 0 Å². The topological polar surface area (TPSA) is 121 Å². The summed E-state index contributed by atoms with van der Waals surface area (Å²) in [7, 11) is 0. The third kappa shape index (κ3) is 3.94. The molecule has 0 heterocycles. The molecule has 0 aliphatic carbocycles. The van der Waals surface area contributed by atoms with E-state index in [2.05, 4.69) is 0 Å². The van der Waals surface area contributed by atoms with Crippen LogP contribution < -0.4 is 10.2 Å². The molecular weight excluding hydrogens is 200 g/mol. The Balaban J connectivity index is 0. The van der Waals surface area contributed by atoms with Gasteiger partial charge in [0.05, 0.1) is 11.9 Å². The van der Waals surface area contributed by atoms with Crippen LogP contribution in [0.1, 0.15) is 0 Å². The molecule has 0 rings (SSSR count). The predicted molar refractivity (Wildman–Crippen MR) is 22.0 cm³/mol. The fourth-order valence-corrected chi connectivity index (χ4v) is 0.258. The van der Waals surface area contributed by atoms with Gasteiger partial charge in [-0.15, -0.1) is 0 Å². The van der Waals surface area contributed by atoms with E-state index in [1.807, 2.05) is 0 Å². The zero-order valence-corrected chi connectivity index (χ0v) is 6.14. The Bertz CT molecular complexity index is 139. The van der Waals surface area contributed by atoms with Gasteiger partial charge in [0.1, 0.15) is 12.2 Å². The second-order valence-electron chi connectivity index (χ2n) is 1.53. The molecule has 0 aromatic carbocycles. The molecule has 0 saturated carbocycles. The van der Waals surface area contributed by atoms with Gasteiger partial charge in [0, 0.05) is 0 Å². The van der Waals surface area contributed by atoms with Gasteiger partial charge in [-0.1, -0.05) is 0 Å². The summed E-state index contributed by atoms with van der Waals surface area (Å²) in [5.74, 6) is -4.12. The fraction of sp³-hybridized carbons (Fsp3) is 0.500. The second-order valence-corrected chi connectivity index (χ2v) is 1.53. The SMILES string of the molecule is O=C([O-])C(O)C(O)C(=O)[O-].[Fe+2]. The molecule has 64 valence electrons. The summed E-state index contributed by atoms with van der Waals surface area (Å²) in [5, 5.41) is 35.7. The van der Waals surface area contributed by atoms with E-state index in [1.54, 1.807) is 0 Å². The molecule has 2 unspecified atom stereocenters. The maximum atomic E-state index is 9.63. The van der Waals surface area contributed by atoms with Crippen LogP contribution in [0, 0.1) is 0 Å². The summed E-state index contributed by atoms with van der Waals surface area (Å²) in [6.07, 6.45) is -4.88. The van der Waals surface area contributed by atoms with Crippen LogP contribution in [0.15, 0.2) is 0 Å². The molecule has 6 nitrogen and oxygen atoms in total. The molecule has 0 aromatic rings. The summed E-state index contributed by atoms with van der Waals surface area (Å²) in [5.41, 5.74) is 0. The minimum atomic E-state index is -2.44. The third-order valence-electron chi connectivity index (χ3n) is 0.782. The molecule has 11 heavy (non-hydrogen) atoms. The van der Waals surface area contributed by atoms with Crippen molar-refractivity contribution in [3.63, 3.8) is 0 Å². The van der Waals surface area contributed by atoms with E-state index in [-0.39, 0.29) is 17.1 Å². The maximum absolute atomic E-state index is 9.63. The van der Waals surface area contributed by atoms with Crippen molar-refractivity contribution in [3.05, 3.63) is 0 Å². The Morgan fingerprint density at radius 1 is 1.00 bits per heavy atom. The number of carboxylic acid groups (broad SMARTS) is 2. The van der Waals surface area contributed by atoms with Gasteiger partial charge in [-0.25, -0.2) is 0 Å². The van der Waals surface area contributed by atoms with Crippen LogP contribution >= 0.6 is 0 Å². The average Bonchev–Trinajstić information content (AvgIpc) is 1.84. The summed E-state index contributed by atoms with van der Waals surface area (Å²) < 4.78 is 0. The van der Waals surface area contributed by atoms with Gasteiger partial charge in [0.25, 0.3) is 0 Å². The summed E-state index contributed by atoms with van der Waals surface area (Å²) in [6, 6.07) is 0. The van der Waals surface area contributed by atoms with E-state index >= 15 is 0 Å². The molecule has 0 spiro atoms. The molecular formula is C4H4FeO6. The number of hydrogen-bond donors (Lipinski definition) is 2. The largest absolute Gasteiger partial charge is 2.00 e. The number of hydrogen-bond acceptors (Lipinski definition) is 6. The first-order valence-corrected chi connectivity index (χ1v) is 2.24. The van der Waals surface area contributed by atoms with Crippen molar-refractivity contribution in [1.29, 1.82) is 0 Å². The van der Waals surface area contributed by atoms with Crippen molar-refractivity contribution in [2.75, 3.05) is 0 Å². The molecule has 0 bridgehead atoms. The van der Waals surface area contributed by atoms with E-state index in [9.17, 15) is 19.8 Å². The van der Waals surface area contributed by atoms with Crippen LogP contribution in [0.5, 0.6) is 0 Å². The Kier molecular flexibility index (Phi) is 6.01. The first-order valence-electron chi connectivity index (χ1n) is 2.24. The molecule has 0 aliphatic rings. The van der Waals surface area contributed by atoms with Gasteiger partial charge in [0.2, 0.25) is 0 Å². The van der Waals surface area contributed by atoms with E-state index < -0.39 is 24.1 Å². The Labute approximate surface area is 71.9 Å². The van der Waals surface area contributed by atoms with Crippen molar-refractivity contribution in [2.45, 2.75) is 12.2 Å². The van der Waals surface area contributed by atoms with Gasteiger partial charge < -0.3 is 30.0 Å². The molecule has 0 aliphatic heterocycles. The van der Waals surface area contributed by atoms with E-state index in [1.165, 1.54) is 0 Å². The smallest absolute Gasteiger partial charge is 0.547 e. The monoisotopic (exact) mass is 204 g/mol. The number of carboxylic acids is 2.